The monoisotopic (exact) mass is 411 g/mol. The van der Waals surface area contributed by atoms with Crippen molar-refractivity contribution in [2.24, 2.45) is 0 Å². The second-order valence-corrected chi connectivity index (χ2v) is 7.52. The van der Waals surface area contributed by atoms with Crippen LogP contribution in [0.15, 0.2) is 48.5 Å². The largest absolute Gasteiger partial charge is 0.492 e. The van der Waals surface area contributed by atoms with Gasteiger partial charge in [-0.25, -0.2) is 0 Å². The lowest BCUT2D eigenvalue weighted by molar-refractivity contribution is -0.137. The average molecular weight is 412 g/mol. The number of carbonyl (C=O) groups excluding carboxylic acids is 2. The number of carbonyl (C=O) groups is 2. The van der Waals surface area contributed by atoms with E-state index < -0.39 is 0 Å². The number of anilines is 1. The molecule has 162 valence electrons. The summed E-state index contributed by atoms with van der Waals surface area (Å²) in [6, 6.07) is 15.2. The fourth-order valence-corrected chi connectivity index (χ4v) is 3.15. The van der Waals surface area contributed by atoms with Crippen LogP contribution in [-0.2, 0) is 16.0 Å². The number of likely N-dealkylation sites (N-methyl/N-ethyl adjacent to an activating group) is 2. The standard InChI is InChI=1S/C24H33N3O3/c1-6-20-12-8-9-13-21(20)25-23(28)17-27(5)24(29)19(3)26(4)15-16-30-22-14-10-7-11-18(22)2/h7-14,19H,6,15-17H2,1-5H3,(H,25,28). The third-order valence-corrected chi connectivity index (χ3v) is 5.24. The van der Waals surface area contributed by atoms with Crippen LogP contribution in [-0.4, -0.2) is 61.4 Å². The molecule has 2 aromatic rings. The number of para-hydroxylation sites is 2. The molecule has 0 aliphatic heterocycles. The van der Waals surface area contributed by atoms with E-state index in [1.165, 1.54) is 4.90 Å². The molecule has 0 spiro atoms. The van der Waals surface area contributed by atoms with Gasteiger partial charge in [0.05, 0.1) is 12.6 Å². The Hall–Kier alpha value is -2.86. The van der Waals surface area contributed by atoms with E-state index in [1.807, 2.05) is 81.2 Å². The van der Waals surface area contributed by atoms with E-state index in [0.717, 1.165) is 29.0 Å². The van der Waals surface area contributed by atoms with Gasteiger partial charge in [0.2, 0.25) is 11.8 Å². The number of nitrogens with one attached hydrogen (secondary N) is 1. The van der Waals surface area contributed by atoms with Gasteiger partial charge in [0, 0.05) is 19.3 Å². The molecule has 0 saturated carbocycles. The molecule has 2 rings (SSSR count). The van der Waals surface area contributed by atoms with E-state index in [0.29, 0.717) is 13.2 Å². The molecule has 1 atom stereocenters. The second-order valence-electron chi connectivity index (χ2n) is 7.52. The van der Waals surface area contributed by atoms with Crippen molar-refractivity contribution in [3.8, 4) is 5.75 Å². The van der Waals surface area contributed by atoms with Crippen molar-refractivity contribution in [1.29, 1.82) is 0 Å². The van der Waals surface area contributed by atoms with E-state index in [1.54, 1.807) is 7.05 Å². The van der Waals surface area contributed by atoms with Gasteiger partial charge in [0.1, 0.15) is 12.4 Å². The van der Waals surface area contributed by atoms with E-state index in [9.17, 15) is 9.59 Å². The van der Waals surface area contributed by atoms with Crippen molar-refractivity contribution < 1.29 is 14.3 Å². The first-order valence-corrected chi connectivity index (χ1v) is 10.3. The number of amides is 2. The number of ether oxygens (including phenoxy) is 1. The Kier molecular flexibility index (Phi) is 8.87. The summed E-state index contributed by atoms with van der Waals surface area (Å²) in [4.78, 5) is 28.6. The first kappa shape index (κ1) is 23.4. The van der Waals surface area contributed by atoms with Gasteiger partial charge in [-0.15, -0.1) is 0 Å². The zero-order valence-corrected chi connectivity index (χ0v) is 18.6. The molecule has 0 bridgehead atoms. The van der Waals surface area contributed by atoms with Crippen LogP contribution in [0.4, 0.5) is 5.69 Å². The highest BCUT2D eigenvalue weighted by Gasteiger charge is 2.23. The molecule has 30 heavy (non-hydrogen) atoms. The zero-order valence-electron chi connectivity index (χ0n) is 18.6. The predicted molar refractivity (Wildman–Crippen MR) is 121 cm³/mol. The first-order valence-electron chi connectivity index (χ1n) is 10.3. The lowest BCUT2D eigenvalue weighted by atomic mass is 10.1. The molecule has 1 N–H and O–H groups in total. The van der Waals surface area contributed by atoms with Gasteiger partial charge in [-0.05, 0) is 50.6 Å². The number of benzene rings is 2. The number of aryl methyl sites for hydroxylation is 2. The van der Waals surface area contributed by atoms with Crippen molar-refractivity contribution in [1.82, 2.24) is 9.80 Å². The summed E-state index contributed by atoms with van der Waals surface area (Å²) in [5.41, 5.74) is 2.95. The van der Waals surface area contributed by atoms with Gasteiger partial charge in [-0.1, -0.05) is 43.3 Å². The summed E-state index contributed by atoms with van der Waals surface area (Å²) in [6.07, 6.45) is 0.831. The predicted octanol–water partition coefficient (Wildman–Crippen LogP) is 3.35. The number of nitrogens with zero attached hydrogens (tertiary/aromatic N) is 2. The van der Waals surface area contributed by atoms with Gasteiger partial charge in [0.15, 0.2) is 0 Å². The molecule has 2 aromatic carbocycles. The second kappa shape index (κ2) is 11.4. The Morgan fingerprint density at radius 2 is 1.73 bits per heavy atom. The number of hydrogen-bond acceptors (Lipinski definition) is 4. The summed E-state index contributed by atoms with van der Waals surface area (Å²) in [5.74, 6) is 0.544. The van der Waals surface area contributed by atoms with Gasteiger partial charge in [0.25, 0.3) is 0 Å². The Morgan fingerprint density at radius 3 is 2.43 bits per heavy atom. The maximum Gasteiger partial charge on any atom is 0.243 e. The quantitative estimate of drug-likeness (QED) is 0.651. The minimum Gasteiger partial charge on any atom is -0.492 e. The SMILES string of the molecule is CCc1ccccc1NC(=O)CN(C)C(=O)C(C)N(C)CCOc1ccccc1C. The van der Waals surface area contributed by atoms with Crippen molar-refractivity contribution in [3.63, 3.8) is 0 Å². The van der Waals surface area contributed by atoms with Crippen LogP contribution >= 0.6 is 0 Å². The number of hydrogen-bond donors (Lipinski definition) is 1. The van der Waals surface area contributed by atoms with Gasteiger partial charge in [-0.2, -0.15) is 0 Å². The molecule has 0 radical (unpaired) electrons. The van der Waals surface area contributed by atoms with E-state index in [-0.39, 0.29) is 24.4 Å². The Balaban J connectivity index is 1.82. The molecule has 0 aromatic heterocycles. The average Bonchev–Trinajstić information content (AvgIpc) is 2.74. The minimum absolute atomic E-state index is 0.00870. The van der Waals surface area contributed by atoms with Crippen LogP contribution in [0.5, 0.6) is 5.75 Å². The highest BCUT2D eigenvalue weighted by molar-refractivity contribution is 5.95. The molecule has 0 fully saturated rings. The molecular weight excluding hydrogens is 378 g/mol. The molecule has 1 unspecified atom stereocenters. The summed E-state index contributed by atoms with van der Waals surface area (Å²) in [5, 5.41) is 2.91. The lowest BCUT2D eigenvalue weighted by Gasteiger charge is -2.28. The van der Waals surface area contributed by atoms with Crippen molar-refractivity contribution in [3.05, 3.63) is 59.7 Å². The van der Waals surface area contributed by atoms with Crippen molar-refractivity contribution in [2.45, 2.75) is 33.2 Å². The molecule has 0 aliphatic carbocycles. The summed E-state index contributed by atoms with van der Waals surface area (Å²) in [6.45, 7) is 6.98. The van der Waals surface area contributed by atoms with Crippen LogP contribution in [0.2, 0.25) is 0 Å². The highest BCUT2D eigenvalue weighted by Crippen LogP contribution is 2.16. The van der Waals surface area contributed by atoms with Crippen LogP contribution in [0.25, 0.3) is 0 Å². The van der Waals surface area contributed by atoms with Crippen molar-refractivity contribution >= 4 is 17.5 Å². The van der Waals surface area contributed by atoms with E-state index in [2.05, 4.69) is 5.32 Å². The molecule has 0 aliphatic rings. The molecule has 6 heteroatoms. The fraction of sp³-hybridized carbons (Fsp3) is 0.417. The lowest BCUT2D eigenvalue weighted by Crippen LogP contribution is -2.47. The van der Waals surface area contributed by atoms with Gasteiger partial charge < -0.3 is 15.0 Å². The minimum atomic E-state index is -0.355. The van der Waals surface area contributed by atoms with Crippen LogP contribution in [0, 0.1) is 6.92 Å². The number of rotatable bonds is 10. The van der Waals surface area contributed by atoms with E-state index >= 15 is 0 Å². The highest BCUT2D eigenvalue weighted by atomic mass is 16.5. The normalized spacial score (nSPS) is 11.8. The maximum absolute atomic E-state index is 12.7. The fourth-order valence-electron chi connectivity index (χ4n) is 3.15. The van der Waals surface area contributed by atoms with Crippen LogP contribution in [0.1, 0.15) is 25.0 Å². The van der Waals surface area contributed by atoms with Crippen molar-refractivity contribution in [2.75, 3.05) is 39.1 Å². The smallest absolute Gasteiger partial charge is 0.243 e. The topological polar surface area (TPSA) is 61.9 Å². The molecule has 0 saturated heterocycles. The van der Waals surface area contributed by atoms with E-state index in [4.69, 9.17) is 4.74 Å². The molecule has 6 nitrogen and oxygen atoms in total. The van der Waals surface area contributed by atoms with Crippen LogP contribution < -0.4 is 10.1 Å². The Labute approximate surface area is 179 Å². The third kappa shape index (κ3) is 6.59. The Bertz CT molecular complexity index is 853. The van der Waals surface area contributed by atoms with Gasteiger partial charge in [-0.3, -0.25) is 14.5 Å². The molecule has 2 amide bonds. The summed E-state index contributed by atoms with van der Waals surface area (Å²) < 4.78 is 5.82. The summed E-state index contributed by atoms with van der Waals surface area (Å²) in [7, 11) is 3.54. The third-order valence-electron chi connectivity index (χ3n) is 5.24. The first-order chi connectivity index (χ1) is 14.3. The van der Waals surface area contributed by atoms with Gasteiger partial charge >= 0.3 is 0 Å². The Morgan fingerprint density at radius 1 is 1.07 bits per heavy atom. The maximum atomic E-state index is 12.7. The van der Waals surface area contributed by atoms with Crippen LogP contribution in [0.3, 0.4) is 0 Å². The molecular formula is C24H33N3O3. The summed E-state index contributed by atoms with van der Waals surface area (Å²) >= 11 is 0. The zero-order chi connectivity index (χ0) is 22.1. The molecule has 0 heterocycles.